The Labute approximate surface area is 136 Å². The number of nitrogen functional groups attached to an aromatic ring is 1. The summed E-state index contributed by atoms with van der Waals surface area (Å²) in [6.07, 6.45) is -2.85. The van der Waals surface area contributed by atoms with E-state index in [1.54, 1.807) is 0 Å². The van der Waals surface area contributed by atoms with Crippen molar-refractivity contribution in [1.29, 1.82) is 0 Å². The largest absolute Gasteiger partial charge is 0.394 e. The summed E-state index contributed by atoms with van der Waals surface area (Å²) in [6.45, 7) is 1.81. The zero-order valence-corrected chi connectivity index (χ0v) is 13.2. The van der Waals surface area contributed by atoms with E-state index in [0.29, 0.717) is 12.1 Å². The van der Waals surface area contributed by atoms with E-state index in [2.05, 4.69) is 9.97 Å². The third-order valence-electron chi connectivity index (χ3n) is 4.18. The van der Waals surface area contributed by atoms with Crippen molar-refractivity contribution >= 4 is 17.1 Å². The highest BCUT2D eigenvalue weighted by atomic mass is 19.1. The monoisotopic (exact) mass is 341 g/mol. The Kier molecular flexibility index (Phi) is 4.52. The Morgan fingerprint density at radius 1 is 1.50 bits per heavy atom. The summed E-state index contributed by atoms with van der Waals surface area (Å²) >= 11 is 0. The minimum atomic E-state index is -1.81. The number of anilines is 1. The normalized spacial score (nSPS) is 27.2. The van der Waals surface area contributed by atoms with Crippen molar-refractivity contribution in [3.8, 4) is 0 Å². The van der Waals surface area contributed by atoms with E-state index in [1.807, 2.05) is 6.92 Å². The molecule has 0 spiro atoms. The van der Waals surface area contributed by atoms with Crippen LogP contribution in [0.4, 0.5) is 10.3 Å². The van der Waals surface area contributed by atoms with Gasteiger partial charge in [0.2, 0.25) is 5.95 Å². The Morgan fingerprint density at radius 2 is 2.25 bits per heavy atom. The Bertz CT molecular complexity index is 791. The predicted molar refractivity (Wildman–Crippen MR) is 83.0 cm³/mol. The number of ether oxygens (including phenoxy) is 1. The summed E-state index contributed by atoms with van der Waals surface area (Å²) in [7, 11) is 0. The highest BCUT2D eigenvalue weighted by Crippen LogP contribution is 2.32. The average Bonchev–Trinajstić information content (AvgIpc) is 2.99. The molecule has 0 bridgehead atoms. The van der Waals surface area contributed by atoms with Crippen LogP contribution >= 0.6 is 0 Å². The molecule has 0 aliphatic carbocycles. The van der Waals surface area contributed by atoms with E-state index in [-0.39, 0.29) is 11.6 Å². The van der Waals surface area contributed by atoms with E-state index in [9.17, 15) is 14.3 Å². The molecule has 2 aromatic rings. The van der Waals surface area contributed by atoms with E-state index < -0.39 is 36.9 Å². The highest BCUT2D eigenvalue weighted by molar-refractivity contribution is 5.71. The van der Waals surface area contributed by atoms with Crippen molar-refractivity contribution in [2.75, 3.05) is 12.3 Å². The number of aliphatic hydroxyl groups excluding tert-OH is 2. The number of fused-ring (bicyclic) bond motifs is 1. The smallest absolute Gasteiger partial charge is 0.332 e. The number of hydrogen-bond donors (Lipinski definition) is 3. The molecule has 0 aromatic carbocycles. The Morgan fingerprint density at radius 3 is 2.88 bits per heavy atom. The third kappa shape index (κ3) is 2.56. The second-order valence-electron chi connectivity index (χ2n) is 5.78. The molecular formula is C14H20FN5O4. The molecule has 3 rings (SSSR count). The standard InChI is InChI=1S/C14H20FN5O4/c1-2-3-4-19-7-5-17-13(16)18-11(7)20(14(19)23)12-10(22)9(15)8(6-21)24-12/h5,8-10,12,21-22H,2-4,6H2,1H3,(H2,16,17,18)/t8-,9-,10-,12-/m1/s1. The number of nitrogens with zero attached hydrogens (tertiary/aromatic N) is 4. The molecule has 0 radical (unpaired) electrons. The van der Waals surface area contributed by atoms with Crippen LogP contribution in [-0.4, -0.2) is 54.3 Å². The fraction of sp³-hybridized carbons (Fsp3) is 0.643. The number of halogens is 1. The number of alkyl halides is 1. The molecule has 3 heterocycles. The number of imidazole rings is 1. The van der Waals surface area contributed by atoms with E-state index in [0.717, 1.165) is 17.4 Å². The van der Waals surface area contributed by atoms with Gasteiger partial charge in [-0.15, -0.1) is 0 Å². The highest BCUT2D eigenvalue weighted by Gasteiger charge is 2.46. The van der Waals surface area contributed by atoms with Gasteiger partial charge in [-0.3, -0.25) is 4.57 Å². The quantitative estimate of drug-likeness (QED) is 0.673. The van der Waals surface area contributed by atoms with Crippen molar-refractivity contribution in [1.82, 2.24) is 19.1 Å². The summed E-state index contributed by atoms with van der Waals surface area (Å²) < 4.78 is 21.9. The topological polar surface area (TPSA) is 128 Å². The number of unbranched alkanes of at least 4 members (excludes halogenated alkanes) is 1. The molecule has 0 amide bonds. The maximum atomic E-state index is 14.0. The lowest BCUT2D eigenvalue weighted by Gasteiger charge is -2.15. The molecule has 4 atom stereocenters. The van der Waals surface area contributed by atoms with Gasteiger partial charge in [0.05, 0.1) is 12.8 Å². The summed E-state index contributed by atoms with van der Waals surface area (Å²) in [6, 6.07) is 0. The second-order valence-corrected chi connectivity index (χ2v) is 5.78. The first kappa shape index (κ1) is 16.8. The molecule has 132 valence electrons. The molecule has 1 fully saturated rings. The van der Waals surface area contributed by atoms with Crippen LogP contribution in [0.2, 0.25) is 0 Å². The first-order chi connectivity index (χ1) is 11.5. The number of nitrogens with two attached hydrogens (primary N) is 1. The zero-order chi connectivity index (χ0) is 17.4. The molecule has 0 unspecified atom stereocenters. The summed E-state index contributed by atoms with van der Waals surface area (Å²) in [5.74, 6) is -0.0492. The van der Waals surface area contributed by atoms with E-state index in [1.165, 1.54) is 10.8 Å². The third-order valence-corrected chi connectivity index (χ3v) is 4.18. The first-order valence-electron chi connectivity index (χ1n) is 7.81. The molecule has 1 aliphatic rings. The van der Waals surface area contributed by atoms with Crippen LogP contribution in [-0.2, 0) is 11.3 Å². The fourth-order valence-corrected chi connectivity index (χ4v) is 2.90. The lowest BCUT2D eigenvalue weighted by molar-refractivity contribution is -0.0513. The van der Waals surface area contributed by atoms with Gasteiger partial charge in [0.1, 0.15) is 17.7 Å². The predicted octanol–water partition coefficient (Wildman–Crippen LogP) is -0.436. The van der Waals surface area contributed by atoms with Gasteiger partial charge in [0.25, 0.3) is 0 Å². The van der Waals surface area contributed by atoms with Gasteiger partial charge >= 0.3 is 5.69 Å². The van der Waals surface area contributed by atoms with Crippen molar-refractivity contribution in [2.24, 2.45) is 0 Å². The molecule has 2 aromatic heterocycles. The fourth-order valence-electron chi connectivity index (χ4n) is 2.90. The van der Waals surface area contributed by atoms with Gasteiger partial charge in [-0.1, -0.05) is 13.3 Å². The minimum Gasteiger partial charge on any atom is -0.394 e. The molecule has 4 N–H and O–H groups in total. The van der Waals surface area contributed by atoms with Gasteiger partial charge in [-0.2, -0.15) is 4.98 Å². The van der Waals surface area contributed by atoms with Crippen molar-refractivity contribution < 1.29 is 19.3 Å². The number of aryl methyl sites for hydroxylation is 1. The molecule has 0 saturated carbocycles. The average molecular weight is 341 g/mol. The maximum absolute atomic E-state index is 14.0. The number of aromatic nitrogens is 4. The number of hydrogen-bond acceptors (Lipinski definition) is 7. The summed E-state index contributed by atoms with van der Waals surface area (Å²) in [5, 5.41) is 19.2. The molecule has 10 heteroatoms. The number of aliphatic hydroxyl groups is 2. The maximum Gasteiger partial charge on any atom is 0.332 e. The van der Waals surface area contributed by atoms with Gasteiger partial charge in [0, 0.05) is 6.54 Å². The van der Waals surface area contributed by atoms with E-state index >= 15 is 0 Å². The molecule has 9 nitrogen and oxygen atoms in total. The van der Waals surface area contributed by atoms with Crippen molar-refractivity contribution in [2.45, 2.75) is 50.9 Å². The molecule has 1 aliphatic heterocycles. The molecular weight excluding hydrogens is 321 g/mol. The number of rotatable bonds is 5. The summed E-state index contributed by atoms with van der Waals surface area (Å²) in [4.78, 5) is 20.7. The van der Waals surface area contributed by atoms with Crippen molar-refractivity contribution in [3.63, 3.8) is 0 Å². The minimum absolute atomic E-state index is 0.0492. The lowest BCUT2D eigenvalue weighted by atomic mass is 10.1. The van der Waals surface area contributed by atoms with Crippen LogP contribution in [0.5, 0.6) is 0 Å². The van der Waals surface area contributed by atoms with E-state index in [4.69, 9.17) is 15.6 Å². The second kappa shape index (κ2) is 6.46. The first-order valence-corrected chi connectivity index (χ1v) is 7.81. The van der Waals surface area contributed by atoms with Crippen LogP contribution in [0, 0.1) is 0 Å². The van der Waals surface area contributed by atoms with Gasteiger partial charge in [0.15, 0.2) is 18.0 Å². The Hall–Kier alpha value is -2.04. The summed E-state index contributed by atoms with van der Waals surface area (Å²) in [5.41, 5.74) is 5.71. The molecule has 1 saturated heterocycles. The van der Waals surface area contributed by atoms with Crippen LogP contribution in [0.1, 0.15) is 26.0 Å². The Balaban J connectivity index is 2.15. The van der Waals surface area contributed by atoms with Crippen LogP contribution < -0.4 is 11.4 Å². The lowest BCUT2D eigenvalue weighted by Crippen LogP contribution is -2.34. The SMILES string of the molecule is CCCCn1c(=O)n([C@@H]2O[C@H](CO)[C@@H](F)[C@H]2O)c2nc(N)ncc21. The van der Waals surface area contributed by atoms with Crippen molar-refractivity contribution in [3.05, 3.63) is 16.7 Å². The van der Waals surface area contributed by atoms with Gasteiger partial charge < -0.3 is 20.7 Å². The molecule has 24 heavy (non-hydrogen) atoms. The van der Waals surface area contributed by atoms with Crippen LogP contribution in [0.15, 0.2) is 11.0 Å². The van der Waals surface area contributed by atoms with Gasteiger partial charge in [-0.05, 0) is 6.42 Å². The van der Waals surface area contributed by atoms with Crippen LogP contribution in [0.3, 0.4) is 0 Å². The van der Waals surface area contributed by atoms with Gasteiger partial charge in [-0.25, -0.2) is 18.7 Å². The van der Waals surface area contributed by atoms with Crippen LogP contribution in [0.25, 0.3) is 11.2 Å². The zero-order valence-electron chi connectivity index (χ0n) is 13.2.